The largest absolute Gasteiger partial charge is 0.397 e. The van der Waals surface area contributed by atoms with Crippen LogP contribution in [0.15, 0.2) is 41.3 Å². The van der Waals surface area contributed by atoms with Gasteiger partial charge in [-0.15, -0.1) is 0 Å². The van der Waals surface area contributed by atoms with Gasteiger partial charge in [0.2, 0.25) is 5.91 Å². The summed E-state index contributed by atoms with van der Waals surface area (Å²) < 4.78 is 1.30. The molecular weight excluding hydrogens is 254 g/mol. The number of rotatable bonds is 3. The molecule has 0 saturated carbocycles. The first kappa shape index (κ1) is 13.9. The Kier molecular flexibility index (Phi) is 3.89. The molecule has 0 atom stereocenters. The molecule has 0 aliphatic carbocycles. The molecule has 20 heavy (non-hydrogen) atoms. The molecule has 0 aliphatic heterocycles. The molecule has 0 spiro atoms. The van der Waals surface area contributed by atoms with Crippen molar-refractivity contribution in [1.82, 2.24) is 4.57 Å². The predicted molar refractivity (Wildman–Crippen MR) is 79.7 cm³/mol. The number of hydrogen-bond acceptors (Lipinski definition) is 3. The number of carbonyl (C=O) groups is 1. The number of pyridine rings is 1. The predicted octanol–water partition coefficient (Wildman–Crippen LogP) is 1.69. The number of nitrogens with zero attached hydrogens (tertiary/aromatic N) is 1. The van der Waals surface area contributed by atoms with Crippen molar-refractivity contribution >= 4 is 17.3 Å². The number of anilines is 2. The summed E-state index contributed by atoms with van der Waals surface area (Å²) in [7, 11) is 0. The van der Waals surface area contributed by atoms with Crippen LogP contribution in [-0.4, -0.2) is 10.5 Å². The molecule has 5 nitrogen and oxygen atoms in total. The third kappa shape index (κ3) is 3.26. The zero-order valence-corrected chi connectivity index (χ0v) is 11.5. The minimum absolute atomic E-state index is 0.0583. The minimum atomic E-state index is -0.263. The molecule has 0 unspecified atom stereocenters. The van der Waals surface area contributed by atoms with Gasteiger partial charge in [0, 0.05) is 18.0 Å². The zero-order chi connectivity index (χ0) is 14.7. The number of carbonyl (C=O) groups excluding carboxylic acids is 1. The first-order valence-electron chi connectivity index (χ1n) is 6.29. The van der Waals surface area contributed by atoms with Gasteiger partial charge in [-0.1, -0.05) is 12.1 Å². The van der Waals surface area contributed by atoms with Gasteiger partial charge in [-0.2, -0.15) is 0 Å². The maximum atomic E-state index is 11.9. The van der Waals surface area contributed by atoms with Crippen LogP contribution >= 0.6 is 0 Å². The third-order valence-corrected chi connectivity index (χ3v) is 2.99. The van der Waals surface area contributed by atoms with Gasteiger partial charge in [0.25, 0.3) is 5.56 Å². The molecule has 3 N–H and O–H groups in total. The lowest BCUT2D eigenvalue weighted by molar-refractivity contribution is -0.116. The number of aromatic nitrogens is 1. The minimum Gasteiger partial charge on any atom is -0.397 e. The Morgan fingerprint density at radius 3 is 2.75 bits per heavy atom. The topological polar surface area (TPSA) is 77.1 Å². The summed E-state index contributed by atoms with van der Waals surface area (Å²) >= 11 is 0. The van der Waals surface area contributed by atoms with E-state index in [2.05, 4.69) is 5.32 Å². The van der Waals surface area contributed by atoms with Crippen LogP contribution in [-0.2, 0) is 11.3 Å². The molecule has 0 aliphatic rings. The highest BCUT2D eigenvalue weighted by Crippen LogP contribution is 2.10. The summed E-state index contributed by atoms with van der Waals surface area (Å²) in [5.41, 5.74) is 8.48. The first-order valence-corrected chi connectivity index (χ1v) is 6.29. The van der Waals surface area contributed by atoms with E-state index >= 15 is 0 Å². The van der Waals surface area contributed by atoms with E-state index < -0.39 is 0 Å². The Bertz CT molecular complexity index is 705. The molecule has 1 aromatic heterocycles. The standard InChI is InChI=1S/C15H17N3O2/c1-10-4-3-5-12(6-10)17-14(19)9-18-8-13(16)11(2)7-15(18)20/h3-8H,9,16H2,1-2H3,(H,17,19). The molecule has 0 fully saturated rings. The summed E-state index contributed by atoms with van der Waals surface area (Å²) in [6.45, 7) is 3.64. The molecule has 5 heteroatoms. The average Bonchev–Trinajstić information content (AvgIpc) is 2.36. The Balaban J connectivity index is 2.13. The molecule has 0 saturated heterocycles. The van der Waals surface area contributed by atoms with Crippen molar-refractivity contribution in [1.29, 1.82) is 0 Å². The molecule has 2 aromatic rings. The van der Waals surface area contributed by atoms with Gasteiger partial charge in [-0.25, -0.2) is 0 Å². The third-order valence-electron chi connectivity index (χ3n) is 2.99. The van der Waals surface area contributed by atoms with Crippen molar-refractivity contribution in [3.8, 4) is 0 Å². The van der Waals surface area contributed by atoms with E-state index in [0.29, 0.717) is 16.9 Å². The van der Waals surface area contributed by atoms with Crippen LogP contribution in [0.1, 0.15) is 11.1 Å². The highest BCUT2D eigenvalue weighted by atomic mass is 16.2. The molecule has 0 bridgehead atoms. The number of hydrogen-bond donors (Lipinski definition) is 2. The fourth-order valence-corrected chi connectivity index (χ4v) is 1.89. The monoisotopic (exact) mass is 271 g/mol. The van der Waals surface area contributed by atoms with Gasteiger partial charge in [-0.3, -0.25) is 9.59 Å². The number of amides is 1. The SMILES string of the molecule is Cc1cccc(NC(=O)Cn2cc(N)c(C)cc2=O)c1. The molecule has 0 radical (unpaired) electrons. The Morgan fingerprint density at radius 2 is 2.05 bits per heavy atom. The fraction of sp³-hybridized carbons (Fsp3) is 0.200. The first-order chi connectivity index (χ1) is 9.45. The van der Waals surface area contributed by atoms with E-state index in [4.69, 9.17) is 5.73 Å². The summed E-state index contributed by atoms with van der Waals surface area (Å²) in [6.07, 6.45) is 1.49. The maximum absolute atomic E-state index is 11.9. The molecule has 1 heterocycles. The zero-order valence-electron chi connectivity index (χ0n) is 11.5. The second-order valence-corrected chi connectivity index (χ2v) is 4.80. The van der Waals surface area contributed by atoms with E-state index in [9.17, 15) is 9.59 Å². The van der Waals surface area contributed by atoms with Gasteiger partial charge >= 0.3 is 0 Å². The number of nitrogen functional groups attached to an aromatic ring is 1. The van der Waals surface area contributed by atoms with Crippen molar-refractivity contribution in [3.05, 3.63) is 58.0 Å². The van der Waals surface area contributed by atoms with Gasteiger partial charge in [0.05, 0.1) is 5.69 Å². The van der Waals surface area contributed by atoms with Crippen molar-refractivity contribution < 1.29 is 4.79 Å². The van der Waals surface area contributed by atoms with Gasteiger partial charge in [-0.05, 0) is 37.1 Å². The number of benzene rings is 1. The molecule has 2 rings (SSSR count). The van der Waals surface area contributed by atoms with E-state index in [0.717, 1.165) is 5.56 Å². The van der Waals surface area contributed by atoms with Gasteiger partial charge in [0.1, 0.15) is 6.54 Å². The highest BCUT2D eigenvalue weighted by molar-refractivity contribution is 5.90. The van der Waals surface area contributed by atoms with Crippen LogP contribution in [0.2, 0.25) is 0 Å². The highest BCUT2D eigenvalue weighted by Gasteiger charge is 2.07. The summed E-state index contributed by atoms with van der Waals surface area (Å²) in [5, 5.41) is 2.75. The molecule has 1 aromatic carbocycles. The van der Waals surface area contributed by atoms with Crippen molar-refractivity contribution in [3.63, 3.8) is 0 Å². The summed E-state index contributed by atoms with van der Waals surface area (Å²) in [5.74, 6) is -0.263. The van der Waals surface area contributed by atoms with E-state index in [1.807, 2.05) is 25.1 Å². The van der Waals surface area contributed by atoms with Crippen LogP contribution in [0, 0.1) is 13.8 Å². The Labute approximate surface area is 117 Å². The Morgan fingerprint density at radius 1 is 1.30 bits per heavy atom. The Hall–Kier alpha value is -2.56. The van der Waals surface area contributed by atoms with Gasteiger partial charge < -0.3 is 15.6 Å². The number of nitrogens with one attached hydrogen (secondary N) is 1. The lowest BCUT2D eigenvalue weighted by atomic mass is 10.2. The van der Waals surface area contributed by atoms with E-state index in [1.54, 1.807) is 13.0 Å². The van der Waals surface area contributed by atoms with Crippen LogP contribution < -0.4 is 16.6 Å². The van der Waals surface area contributed by atoms with E-state index in [1.165, 1.54) is 16.8 Å². The number of aryl methyl sites for hydroxylation is 2. The fourth-order valence-electron chi connectivity index (χ4n) is 1.89. The summed E-state index contributed by atoms with van der Waals surface area (Å²) in [6, 6.07) is 8.90. The number of nitrogens with two attached hydrogens (primary N) is 1. The normalized spacial score (nSPS) is 10.3. The smallest absolute Gasteiger partial charge is 0.251 e. The summed E-state index contributed by atoms with van der Waals surface area (Å²) in [4.78, 5) is 23.7. The van der Waals surface area contributed by atoms with Crippen molar-refractivity contribution in [2.24, 2.45) is 0 Å². The van der Waals surface area contributed by atoms with Crippen molar-refractivity contribution in [2.45, 2.75) is 20.4 Å². The van der Waals surface area contributed by atoms with Crippen LogP contribution in [0.3, 0.4) is 0 Å². The molecule has 104 valence electrons. The van der Waals surface area contributed by atoms with Crippen molar-refractivity contribution in [2.75, 3.05) is 11.1 Å². The quantitative estimate of drug-likeness (QED) is 0.891. The average molecular weight is 271 g/mol. The molecular formula is C15H17N3O2. The van der Waals surface area contributed by atoms with Crippen LogP contribution in [0.4, 0.5) is 11.4 Å². The van der Waals surface area contributed by atoms with Crippen LogP contribution in [0.25, 0.3) is 0 Å². The second kappa shape index (κ2) is 5.61. The maximum Gasteiger partial charge on any atom is 0.251 e. The lowest BCUT2D eigenvalue weighted by Crippen LogP contribution is -2.27. The van der Waals surface area contributed by atoms with E-state index in [-0.39, 0.29) is 18.0 Å². The second-order valence-electron chi connectivity index (χ2n) is 4.80. The molecule has 1 amide bonds. The van der Waals surface area contributed by atoms with Gasteiger partial charge in [0.15, 0.2) is 0 Å². The lowest BCUT2D eigenvalue weighted by Gasteiger charge is -2.09. The van der Waals surface area contributed by atoms with Crippen LogP contribution in [0.5, 0.6) is 0 Å².